The van der Waals surface area contributed by atoms with Crippen molar-refractivity contribution in [3.8, 4) is 5.75 Å². The number of anilines is 1. The van der Waals surface area contributed by atoms with Gasteiger partial charge in [-0.2, -0.15) is 0 Å². The Bertz CT molecular complexity index is 740. The Labute approximate surface area is 134 Å². The van der Waals surface area contributed by atoms with Gasteiger partial charge in [-0.1, -0.05) is 18.2 Å². The van der Waals surface area contributed by atoms with Crippen molar-refractivity contribution in [3.05, 3.63) is 59.7 Å². The Morgan fingerprint density at radius 3 is 2.57 bits per heavy atom. The maximum absolute atomic E-state index is 12.5. The molecule has 0 bridgehead atoms. The molecule has 1 heterocycles. The number of hydrogen-bond acceptors (Lipinski definition) is 3. The third kappa shape index (κ3) is 3.04. The number of primary amides is 1. The maximum Gasteiger partial charge on any atom is 0.265 e. The number of nitrogens with two attached hydrogens (primary N) is 1. The molecule has 0 saturated heterocycles. The van der Waals surface area contributed by atoms with E-state index in [-0.39, 0.29) is 18.6 Å². The van der Waals surface area contributed by atoms with Gasteiger partial charge in [0.15, 0.2) is 6.61 Å². The summed E-state index contributed by atoms with van der Waals surface area (Å²) in [5, 5.41) is 0. The highest BCUT2D eigenvalue weighted by Gasteiger charge is 2.30. The molecule has 0 unspecified atom stereocenters. The number of carbonyl (C=O) groups excluding carboxylic acids is 2. The molecule has 0 spiro atoms. The zero-order valence-electron chi connectivity index (χ0n) is 12.9. The predicted octanol–water partition coefficient (Wildman–Crippen LogP) is 2.14. The van der Waals surface area contributed by atoms with Gasteiger partial charge in [-0.25, -0.2) is 0 Å². The Hall–Kier alpha value is -2.82. The number of hydrogen-bond donors (Lipinski definition) is 1. The molecule has 3 rings (SSSR count). The van der Waals surface area contributed by atoms with Crippen molar-refractivity contribution in [3.63, 3.8) is 0 Å². The second kappa shape index (κ2) is 6.12. The molecule has 5 heteroatoms. The number of para-hydroxylation sites is 1. The number of carbonyl (C=O) groups is 2. The Morgan fingerprint density at radius 1 is 1.17 bits per heavy atom. The average Bonchev–Trinajstić information content (AvgIpc) is 2.88. The summed E-state index contributed by atoms with van der Waals surface area (Å²) >= 11 is 0. The number of rotatable bonds is 4. The first-order valence-electron chi connectivity index (χ1n) is 7.49. The molecule has 23 heavy (non-hydrogen) atoms. The van der Waals surface area contributed by atoms with E-state index in [1.807, 2.05) is 31.2 Å². The minimum absolute atomic E-state index is 0.0470. The van der Waals surface area contributed by atoms with Gasteiger partial charge in [0, 0.05) is 17.3 Å². The van der Waals surface area contributed by atoms with Crippen LogP contribution >= 0.6 is 0 Å². The molecule has 1 aliphatic rings. The highest BCUT2D eigenvalue weighted by atomic mass is 16.5. The monoisotopic (exact) mass is 310 g/mol. The first-order chi connectivity index (χ1) is 11.1. The quantitative estimate of drug-likeness (QED) is 0.940. The van der Waals surface area contributed by atoms with Crippen LogP contribution in [-0.4, -0.2) is 24.5 Å². The van der Waals surface area contributed by atoms with Crippen molar-refractivity contribution in [2.75, 3.05) is 11.5 Å². The zero-order chi connectivity index (χ0) is 16.4. The molecule has 5 nitrogen and oxygen atoms in total. The van der Waals surface area contributed by atoms with Gasteiger partial charge in [0.05, 0.1) is 0 Å². The normalized spacial score (nSPS) is 16.0. The van der Waals surface area contributed by atoms with Gasteiger partial charge in [-0.15, -0.1) is 0 Å². The minimum Gasteiger partial charge on any atom is -0.484 e. The second-order valence-electron chi connectivity index (χ2n) is 5.62. The molecule has 2 amide bonds. The molecular formula is C18H18N2O3. The standard InChI is InChI=1S/C18H18N2O3/c1-12-10-14-4-2-3-5-16(14)20(12)17(21)11-23-15-8-6-13(7-9-15)18(19)22/h2-9,12H,10-11H2,1H3,(H2,19,22)/t12-/m1/s1. The molecular weight excluding hydrogens is 292 g/mol. The molecule has 0 aliphatic carbocycles. The van der Waals surface area contributed by atoms with Crippen molar-refractivity contribution in [1.29, 1.82) is 0 Å². The fourth-order valence-corrected chi connectivity index (χ4v) is 2.88. The minimum atomic E-state index is -0.491. The van der Waals surface area contributed by atoms with Gasteiger partial charge in [-0.3, -0.25) is 9.59 Å². The Kier molecular flexibility index (Phi) is 4.02. The van der Waals surface area contributed by atoms with Gasteiger partial charge in [0.2, 0.25) is 5.91 Å². The Morgan fingerprint density at radius 2 is 1.87 bits per heavy atom. The van der Waals surface area contributed by atoms with E-state index in [9.17, 15) is 9.59 Å². The summed E-state index contributed by atoms with van der Waals surface area (Å²) in [6.45, 7) is 1.98. The van der Waals surface area contributed by atoms with Crippen LogP contribution < -0.4 is 15.4 Å². The molecule has 118 valence electrons. The van der Waals surface area contributed by atoms with Gasteiger partial charge in [0.1, 0.15) is 5.75 Å². The van der Waals surface area contributed by atoms with Crippen molar-refractivity contribution < 1.29 is 14.3 Å². The molecule has 2 aromatic carbocycles. The summed E-state index contributed by atoms with van der Waals surface area (Å²) in [5.41, 5.74) is 7.73. The fraction of sp³-hybridized carbons (Fsp3) is 0.222. The second-order valence-corrected chi connectivity index (χ2v) is 5.62. The van der Waals surface area contributed by atoms with Gasteiger partial charge in [-0.05, 0) is 49.2 Å². The number of amides is 2. The number of nitrogens with zero attached hydrogens (tertiary/aromatic N) is 1. The molecule has 0 aromatic heterocycles. The number of benzene rings is 2. The van der Waals surface area contributed by atoms with Crippen molar-refractivity contribution in [2.45, 2.75) is 19.4 Å². The van der Waals surface area contributed by atoms with Crippen LogP contribution in [-0.2, 0) is 11.2 Å². The van der Waals surface area contributed by atoms with E-state index < -0.39 is 5.91 Å². The van der Waals surface area contributed by atoms with Crippen molar-refractivity contribution in [1.82, 2.24) is 0 Å². The molecule has 1 aliphatic heterocycles. The zero-order valence-corrected chi connectivity index (χ0v) is 12.9. The lowest BCUT2D eigenvalue weighted by atomic mass is 10.1. The molecule has 2 N–H and O–H groups in total. The molecule has 2 aromatic rings. The SMILES string of the molecule is C[C@@H]1Cc2ccccc2N1C(=O)COc1ccc(C(N)=O)cc1. The van der Waals surface area contributed by atoms with E-state index in [1.165, 1.54) is 5.56 Å². The summed E-state index contributed by atoms with van der Waals surface area (Å²) in [4.78, 5) is 25.3. The topological polar surface area (TPSA) is 72.6 Å². The van der Waals surface area contributed by atoms with E-state index >= 15 is 0 Å². The fourth-order valence-electron chi connectivity index (χ4n) is 2.88. The van der Waals surface area contributed by atoms with Crippen LogP contribution in [0.1, 0.15) is 22.8 Å². The predicted molar refractivity (Wildman–Crippen MR) is 87.5 cm³/mol. The lowest BCUT2D eigenvalue weighted by Crippen LogP contribution is -2.39. The number of ether oxygens (including phenoxy) is 1. The van der Waals surface area contributed by atoms with Crippen LogP contribution in [0, 0.1) is 0 Å². The van der Waals surface area contributed by atoms with E-state index in [1.54, 1.807) is 29.2 Å². The van der Waals surface area contributed by atoms with Crippen LogP contribution in [0.3, 0.4) is 0 Å². The average molecular weight is 310 g/mol. The molecule has 0 saturated carbocycles. The third-order valence-corrected chi connectivity index (χ3v) is 3.98. The van der Waals surface area contributed by atoms with Crippen molar-refractivity contribution >= 4 is 17.5 Å². The maximum atomic E-state index is 12.5. The van der Waals surface area contributed by atoms with Gasteiger partial charge < -0.3 is 15.4 Å². The summed E-state index contributed by atoms with van der Waals surface area (Å²) in [6, 6.07) is 14.5. The molecule has 0 fully saturated rings. The van der Waals surface area contributed by atoms with E-state index in [4.69, 9.17) is 10.5 Å². The summed E-state index contributed by atoms with van der Waals surface area (Å²) in [5.74, 6) is -0.0416. The highest BCUT2D eigenvalue weighted by molar-refractivity contribution is 5.97. The van der Waals surface area contributed by atoms with E-state index in [0.29, 0.717) is 11.3 Å². The largest absolute Gasteiger partial charge is 0.484 e. The van der Waals surface area contributed by atoms with Crippen LogP contribution in [0.25, 0.3) is 0 Å². The molecule has 0 radical (unpaired) electrons. The summed E-state index contributed by atoms with van der Waals surface area (Å²) in [7, 11) is 0. The first kappa shape index (κ1) is 15.1. The van der Waals surface area contributed by atoms with Gasteiger partial charge in [0.25, 0.3) is 5.91 Å². The van der Waals surface area contributed by atoms with Gasteiger partial charge >= 0.3 is 0 Å². The smallest absolute Gasteiger partial charge is 0.265 e. The van der Waals surface area contributed by atoms with Crippen LogP contribution in [0.2, 0.25) is 0 Å². The Balaban J connectivity index is 1.67. The summed E-state index contributed by atoms with van der Waals surface area (Å²) in [6.07, 6.45) is 0.856. The van der Waals surface area contributed by atoms with Crippen LogP contribution in [0.5, 0.6) is 5.75 Å². The van der Waals surface area contributed by atoms with Crippen LogP contribution in [0.4, 0.5) is 5.69 Å². The molecule has 1 atom stereocenters. The van der Waals surface area contributed by atoms with E-state index in [0.717, 1.165) is 12.1 Å². The lowest BCUT2D eigenvalue weighted by molar-refractivity contribution is -0.120. The summed E-state index contributed by atoms with van der Waals surface area (Å²) < 4.78 is 5.53. The van der Waals surface area contributed by atoms with Crippen LogP contribution in [0.15, 0.2) is 48.5 Å². The number of fused-ring (bicyclic) bond motifs is 1. The van der Waals surface area contributed by atoms with E-state index in [2.05, 4.69) is 0 Å². The third-order valence-electron chi connectivity index (χ3n) is 3.98. The lowest BCUT2D eigenvalue weighted by Gasteiger charge is -2.22. The first-order valence-corrected chi connectivity index (χ1v) is 7.49. The highest BCUT2D eigenvalue weighted by Crippen LogP contribution is 2.31. The van der Waals surface area contributed by atoms with Crippen molar-refractivity contribution in [2.24, 2.45) is 5.73 Å².